The van der Waals surface area contributed by atoms with Crippen molar-refractivity contribution in [3.8, 4) is 0 Å². The van der Waals surface area contributed by atoms with Crippen molar-refractivity contribution in [1.29, 1.82) is 0 Å². The zero-order chi connectivity index (χ0) is 18.5. The number of amides is 1. The van der Waals surface area contributed by atoms with Crippen molar-refractivity contribution < 1.29 is 66.7 Å². The minimum absolute atomic E-state index is 0. The first-order valence-corrected chi connectivity index (χ1v) is 8.15. The summed E-state index contributed by atoms with van der Waals surface area (Å²) in [7, 11) is -4.58. The third-order valence-corrected chi connectivity index (χ3v) is 4.47. The second-order valence-corrected chi connectivity index (χ2v) is 6.67. The van der Waals surface area contributed by atoms with Gasteiger partial charge in [-0.25, -0.2) is 13.2 Å². The van der Waals surface area contributed by atoms with Crippen LogP contribution in [0.4, 0.5) is 18.9 Å². The van der Waals surface area contributed by atoms with Gasteiger partial charge >= 0.3 is 29.6 Å². The number of benzene rings is 2. The number of fused-ring (bicyclic) bond motifs is 1. The van der Waals surface area contributed by atoms with Crippen LogP contribution >= 0.6 is 0 Å². The van der Waals surface area contributed by atoms with Crippen molar-refractivity contribution in [2.75, 3.05) is 4.90 Å². The average Bonchev–Trinajstić information content (AvgIpc) is 2.76. The fourth-order valence-corrected chi connectivity index (χ4v) is 2.99. The molecule has 1 heterocycles. The van der Waals surface area contributed by atoms with Crippen LogP contribution in [0, 0.1) is 17.5 Å². The molecule has 2 aromatic rings. The van der Waals surface area contributed by atoms with Crippen molar-refractivity contribution in [3.63, 3.8) is 0 Å². The van der Waals surface area contributed by atoms with Gasteiger partial charge in [-0.05, 0) is 35.9 Å². The molecule has 1 aliphatic rings. The summed E-state index contributed by atoms with van der Waals surface area (Å²) in [5, 5.41) is 0. The van der Waals surface area contributed by atoms with Gasteiger partial charge in [0, 0.05) is 0 Å². The molecular formula is C15H9F3NNaO5S. The van der Waals surface area contributed by atoms with Gasteiger partial charge < -0.3 is 6.33 Å². The number of hydrogen-bond donors (Lipinski definition) is 1. The Bertz CT molecular complexity index is 1020. The van der Waals surface area contributed by atoms with Gasteiger partial charge in [0.15, 0.2) is 17.5 Å². The summed E-state index contributed by atoms with van der Waals surface area (Å²) in [5.74, 6) is -6.65. The number of hydrogen-bond acceptors (Lipinski definition) is 4. The van der Waals surface area contributed by atoms with Crippen molar-refractivity contribution in [1.82, 2.24) is 0 Å². The summed E-state index contributed by atoms with van der Waals surface area (Å²) in [5.41, 5.74) is -0.375. The Morgan fingerprint density at radius 3 is 2.15 bits per heavy atom. The van der Waals surface area contributed by atoms with Crippen LogP contribution in [-0.2, 0) is 21.5 Å². The summed E-state index contributed by atoms with van der Waals surface area (Å²) >= 11 is 0. The van der Waals surface area contributed by atoms with E-state index in [-0.39, 0.29) is 47.8 Å². The van der Waals surface area contributed by atoms with Gasteiger partial charge in [0.25, 0.3) is 21.8 Å². The fraction of sp³-hybridized carbons (Fsp3) is 0.0667. The number of nitrogens with zero attached hydrogens (tertiary/aromatic N) is 1. The molecule has 1 N–H and O–H groups in total. The summed E-state index contributed by atoms with van der Waals surface area (Å²) in [4.78, 5) is 24.4. The second kappa shape index (κ2) is 7.12. The van der Waals surface area contributed by atoms with Crippen LogP contribution in [0.3, 0.4) is 0 Å². The Hall–Kier alpha value is -1.72. The van der Waals surface area contributed by atoms with Crippen LogP contribution in [0.25, 0.3) is 0 Å². The zero-order valence-electron chi connectivity index (χ0n) is 14.2. The van der Waals surface area contributed by atoms with Crippen molar-refractivity contribution >= 4 is 27.5 Å². The number of carbonyl (C=O) groups excluding carboxylic acids is 2. The van der Waals surface area contributed by atoms with E-state index in [0.717, 1.165) is 23.1 Å². The molecule has 0 aliphatic carbocycles. The van der Waals surface area contributed by atoms with Gasteiger partial charge in [0.2, 0.25) is 0 Å². The first kappa shape index (κ1) is 20.6. The van der Waals surface area contributed by atoms with Crippen LogP contribution in [-0.4, -0.2) is 24.7 Å². The number of halogens is 3. The predicted octanol–water partition coefficient (Wildman–Crippen LogP) is -0.803. The van der Waals surface area contributed by atoms with Crippen molar-refractivity contribution in [2.24, 2.45) is 0 Å². The smallest absolute Gasteiger partial charge is 1.00 e. The Balaban J connectivity index is 0.00000182. The Labute approximate surface area is 169 Å². The monoisotopic (exact) mass is 395 g/mol. The molecule has 132 valence electrons. The maximum absolute atomic E-state index is 13.3. The molecule has 0 unspecified atom stereocenters. The number of Topliss-reactive ketones (excluding diaryl/α,β-unsaturated/α-hetero) is 1. The number of ketones is 1. The Morgan fingerprint density at radius 2 is 1.62 bits per heavy atom. The number of carbonyl (C=O) groups is 2. The Morgan fingerprint density at radius 1 is 1.04 bits per heavy atom. The van der Waals surface area contributed by atoms with E-state index >= 15 is 0 Å². The van der Waals surface area contributed by atoms with Gasteiger partial charge in [-0.3, -0.25) is 14.1 Å². The quantitative estimate of drug-likeness (QED) is 0.318. The molecule has 0 saturated carbocycles. The zero-order valence-corrected chi connectivity index (χ0v) is 16.0. The standard InChI is InChI=1S/C15H8F3NO5S.Na.H/c16-10-3-7(4-11(17)13(10)18)6-19-12-2-1-8(25(22,23)24)5-9(12)14(20)15(19)21;;/h1-5H,6H2,(H,22,23,24);;/q;+1;-1. The molecule has 26 heavy (non-hydrogen) atoms. The number of anilines is 1. The summed E-state index contributed by atoms with van der Waals surface area (Å²) in [6.07, 6.45) is 0. The molecule has 0 atom stereocenters. The van der Waals surface area contributed by atoms with Crippen molar-refractivity contribution in [3.05, 3.63) is 58.9 Å². The molecule has 11 heteroatoms. The van der Waals surface area contributed by atoms with E-state index in [0.29, 0.717) is 12.1 Å². The molecule has 0 bridgehead atoms. The third kappa shape index (κ3) is 3.55. The maximum Gasteiger partial charge on any atom is 1.00 e. The fourth-order valence-electron chi connectivity index (χ4n) is 2.48. The Kier molecular flexibility index (Phi) is 5.64. The molecule has 0 saturated heterocycles. The summed E-state index contributed by atoms with van der Waals surface area (Å²) in [6, 6.07) is 4.27. The van der Waals surface area contributed by atoms with Crippen LogP contribution < -0.4 is 34.5 Å². The SMILES string of the molecule is O=C1C(=O)N(Cc2cc(F)c(F)c(F)c2)c2ccc(S(=O)(=O)O)cc21.[H-].[Na+]. The normalized spacial score (nSPS) is 13.6. The van der Waals surface area contributed by atoms with Gasteiger partial charge in [-0.2, -0.15) is 8.42 Å². The molecule has 0 spiro atoms. The minimum Gasteiger partial charge on any atom is -1.00 e. The molecule has 1 amide bonds. The molecule has 0 fully saturated rings. The molecule has 1 aliphatic heterocycles. The first-order chi connectivity index (χ1) is 11.6. The van der Waals surface area contributed by atoms with Gasteiger partial charge in [-0.1, -0.05) is 0 Å². The maximum atomic E-state index is 13.3. The van der Waals surface area contributed by atoms with Crippen molar-refractivity contribution in [2.45, 2.75) is 11.4 Å². The summed E-state index contributed by atoms with van der Waals surface area (Å²) in [6.45, 7) is -0.434. The largest absolute Gasteiger partial charge is 1.00 e. The van der Waals surface area contributed by atoms with E-state index < -0.39 is 50.7 Å². The molecular weight excluding hydrogens is 386 g/mol. The molecule has 0 radical (unpaired) electrons. The third-order valence-electron chi connectivity index (χ3n) is 3.62. The molecule has 6 nitrogen and oxygen atoms in total. The minimum atomic E-state index is -4.58. The van der Waals surface area contributed by atoms with Gasteiger partial charge in [-0.15, -0.1) is 0 Å². The van der Waals surface area contributed by atoms with Crippen LogP contribution in [0.15, 0.2) is 35.2 Å². The first-order valence-electron chi connectivity index (χ1n) is 6.70. The van der Waals surface area contributed by atoms with Crippen LogP contribution in [0.2, 0.25) is 0 Å². The molecule has 3 rings (SSSR count). The van der Waals surface area contributed by atoms with E-state index in [1.165, 1.54) is 0 Å². The van der Waals surface area contributed by atoms with Gasteiger partial charge in [0.05, 0.1) is 22.7 Å². The second-order valence-electron chi connectivity index (χ2n) is 5.25. The van der Waals surface area contributed by atoms with Gasteiger partial charge in [0.1, 0.15) is 0 Å². The summed E-state index contributed by atoms with van der Waals surface area (Å²) < 4.78 is 70.8. The molecule has 2 aromatic carbocycles. The van der Waals surface area contributed by atoms with E-state index in [2.05, 4.69) is 0 Å². The average molecular weight is 395 g/mol. The predicted molar refractivity (Wildman–Crippen MR) is 79.2 cm³/mol. The van der Waals surface area contributed by atoms with E-state index in [1.54, 1.807) is 0 Å². The van der Waals surface area contributed by atoms with E-state index in [9.17, 15) is 31.2 Å². The topological polar surface area (TPSA) is 91.8 Å². The number of rotatable bonds is 3. The van der Waals surface area contributed by atoms with E-state index in [4.69, 9.17) is 4.55 Å². The van der Waals surface area contributed by atoms with Crippen LogP contribution in [0.1, 0.15) is 17.3 Å². The molecule has 0 aromatic heterocycles. The van der Waals surface area contributed by atoms with Crippen LogP contribution in [0.5, 0.6) is 0 Å². The van der Waals surface area contributed by atoms with E-state index in [1.807, 2.05) is 0 Å².